The molecule has 0 amide bonds. The first-order valence-corrected chi connectivity index (χ1v) is 8.13. The predicted molar refractivity (Wildman–Crippen MR) is 79.5 cm³/mol. The fourth-order valence-corrected chi connectivity index (χ4v) is 4.07. The lowest BCUT2D eigenvalue weighted by atomic mass is 9.87. The molecule has 1 aromatic rings. The van der Waals surface area contributed by atoms with Gasteiger partial charge in [0.2, 0.25) is 0 Å². The number of aliphatic hydroxyl groups is 1. The third kappa shape index (κ3) is 3.07. The van der Waals surface area contributed by atoms with Crippen LogP contribution >= 0.6 is 0 Å². The molecule has 4 heteroatoms. The number of aliphatic hydroxyl groups excluding tert-OH is 1. The van der Waals surface area contributed by atoms with E-state index in [1.54, 1.807) is 0 Å². The molecule has 4 nitrogen and oxygen atoms in total. The monoisotopic (exact) mass is 277 g/mol. The largest absolute Gasteiger partial charge is 0.393 e. The highest BCUT2D eigenvalue weighted by Crippen LogP contribution is 2.35. The average molecular weight is 277 g/mol. The Kier molecular flexibility index (Phi) is 4.41. The maximum absolute atomic E-state index is 10.2. The lowest BCUT2D eigenvalue weighted by molar-refractivity contribution is 0.0361. The van der Waals surface area contributed by atoms with Crippen molar-refractivity contribution in [3.8, 4) is 0 Å². The number of hydrogen-bond donors (Lipinski definition) is 1. The normalized spacial score (nSPS) is 31.8. The van der Waals surface area contributed by atoms with E-state index in [-0.39, 0.29) is 6.10 Å². The van der Waals surface area contributed by atoms with Crippen LogP contribution < -0.4 is 0 Å². The van der Waals surface area contributed by atoms with Crippen LogP contribution in [0.25, 0.3) is 0 Å². The van der Waals surface area contributed by atoms with Crippen LogP contribution in [0.15, 0.2) is 12.4 Å². The first-order valence-electron chi connectivity index (χ1n) is 8.13. The average Bonchev–Trinajstić information content (AvgIpc) is 3.05. The van der Waals surface area contributed by atoms with Crippen LogP contribution in [0.1, 0.15) is 44.1 Å². The summed E-state index contributed by atoms with van der Waals surface area (Å²) in [6.45, 7) is 2.31. The second-order valence-electron chi connectivity index (χ2n) is 6.53. The van der Waals surface area contributed by atoms with Gasteiger partial charge in [-0.1, -0.05) is 12.8 Å². The molecule has 1 aromatic heterocycles. The molecule has 0 aromatic carbocycles. The summed E-state index contributed by atoms with van der Waals surface area (Å²) in [5, 5.41) is 14.5. The van der Waals surface area contributed by atoms with Crippen molar-refractivity contribution in [1.82, 2.24) is 14.7 Å². The van der Waals surface area contributed by atoms with Crippen LogP contribution in [-0.4, -0.2) is 45.0 Å². The Balaban J connectivity index is 1.60. The molecule has 20 heavy (non-hydrogen) atoms. The second kappa shape index (κ2) is 6.27. The van der Waals surface area contributed by atoms with E-state index >= 15 is 0 Å². The standard InChI is InChI=1S/C16H27N3O/c1-18-12-13(11-17-18)8-10-19-9-3-2-6-15(19)14-5-4-7-16(14)20/h11-12,14-16,20H,2-10H2,1H3. The lowest BCUT2D eigenvalue weighted by Crippen LogP contribution is -2.47. The number of piperidine rings is 1. The third-order valence-electron chi connectivity index (χ3n) is 5.14. The highest BCUT2D eigenvalue weighted by Gasteiger charge is 2.36. The molecule has 2 heterocycles. The van der Waals surface area contributed by atoms with Gasteiger partial charge in [-0.25, -0.2) is 0 Å². The number of aromatic nitrogens is 2. The van der Waals surface area contributed by atoms with Crippen molar-refractivity contribution in [2.75, 3.05) is 13.1 Å². The molecule has 2 aliphatic rings. The number of aryl methyl sites for hydroxylation is 1. The van der Waals surface area contributed by atoms with Gasteiger partial charge in [0.25, 0.3) is 0 Å². The van der Waals surface area contributed by atoms with Gasteiger partial charge in [-0.2, -0.15) is 5.10 Å². The summed E-state index contributed by atoms with van der Waals surface area (Å²) in [5.41, 5.74) is 1.32. The van der Waals surface area contributed by atoms with Crippen LogP contribution in [0.3, 0.4) is 0 Å². The number of likely N-dealkylation sites (tertiary alicyclic amines) is 1. The Hall–Kier alpha value is -0.870. The molecule has 1 aliphatic carbocycles. The molecule has 1 saturated heterocycles. The quantitative estimate of drug-likeness (QED) is 0.915. The van der Waals surface area contributed by atoms with Crippen molar-refractivity contribution in [2.24, 2.45) is 13.0 Å². The van der Waals surface area contributed by atoms with Crippen LogP contribution in [0.4, 0.5) is 0 Å². The van der Waals surface area contributed by atoms with E-state index in [2.05, 4.69) is 16.2 Å². The highest BCUT2D eigenvalue weighted by molar-refractivity contribution is 5.04. The lowest BCUT2D eigenvalue weighted by Gasteiger charge is -2.40. The molecule has 1 aliphatic heterocycles. The van der Waals surface area contributed by atoms with Crippen molar-refractivity contribution < 1.29 is 5.11 Å². The zero-order chi connectivity index (χ0) is 13.9. The molecule has 1 saturated carbocycles. The van der Waals surface area contributed by atoms with Gasteiger partial charge in [-0.05, 0) is 44.2 Å². The minimum Gasteiger partial charge on any atom is -0.393 e. The van der Waals surface area contributed by atoms with Crippen LogP contribution in [0.5, 0.6) is 0 Å². The molecule has 112 valence electrons. The molecule has 0 radical (unpaired) electrons. The SMILES string of the molecule is Cn1cc(CCN2CCCCC2C2CCCC2O)cn1. The van der Waals surface area contributed by atoms with E-state index in [1.807, 2.05) is 17.9 Å². The summed E-state index contributed by atoms with van der Waals surface area (Å²) in [6, 6.07) is 0.609. The number of nitrogens with zero attached hydrogens (tertiary/aromatic N) is 3. The fraction of sp³-hybridized carbons (Fsp3) is 0.812. The van der Waals surface area contributed by atoms with Crippen LogP contribution in [0, 0.1) is 5.92 Å². The van der Waals surface area contributed by atoms with Gasteiger partial charge >= 0.3 is 0 Å². The van der Waals surface area contributed by atoms with Gasteiger partial charge in [-0.15, -0.1) is 0 Å². The van der Waals surface area contributed by atoms with Crippen molar-refractivity contribution in [2.45, 2.75) is 57.1 Å². The highest BCUT2D eigenvalue weighted by atomic mass is 16.3. The summed E-state index contributed by atoms with van der Waals surface area (Å²) in [4.78, 5) is 2.63. The second-order valence-corrected chi connectivity index (χ2v) is 6.53. The van der Waals surface area contributed by atoms with Gasteiger partial charge in [-0.3, -0.25) is 9.58 Å². The van der Waals surface area contributed by atoms with E-state index in [1.165, 1.54) is 44.2 Å². The molecule has 3 rings (SSSR count). The van der Waals surface area contributed by atoms with Gasteiger partial charge in [0, 0.05) is 31.7 Å². The van der Waals surface area contributed by atoms with Crippen molar-refractivity contribution in [1.29, 1.82) is 0 Å². The van der Waals surface area contributed by atoms with Crippen LogP contribution in [-0.2, 0) is 13.5 Å². The summed E-state index contributed by atoms with van der Waals surface area (Å²) in [7, 11) is 1.97. The fourth-order valence-electron chi connectivity index (χ4n) is 4.07. The summed E-state index contributed by atoms with van der Waals surface area (Å²) < 4.78 is 1.88. The zero-order valence-electron chi connectivity index (χ0n) is 12.5. The minimum atomic E-state index is -0.0565. The zero-order valence-corrected chi connectivity index (χ0v) is 12.5. The number of hydrogen-bond acceptors (Lipinski definition) is 3. The summed E-state index contributed by atoms with van der Waals surface area (Å²) in [6.07, 6.45) is 12.5. The molecule has 1 N–H and O–H groups in total. The maximum atomic E-state index is 10.2. The van der Waals surface area contributed by atoms with Gasteiger partial charge < -0.3 is 5.11 Å². The van der Waals surface area contributed by atoms with E-state index < -0.39 is 0 Å². The maximum Gasteiger partial charge on any atom is 0.0583 e. The smallest absolute Gasteiger partial charge is 0.0583 e. The Labute approximate surface area is 121 Å². The Morgan fingerprint density at radius 1 is 1.25 bits per heavy atom. The molecular formula is C16H27N3O. The van der Waals surface area contributed by atoms with Crippen molar-refractivity contribution >= 4 is 0 Å². The molecular weight excluding hydrogens is 250 g/mol. The minimum absolute atomic E-state index is 0.0565. The first kappa shape index (κ1) is 14.1. The van der Waals surface area contributed by atoms with Gasteiger partial charge in [0.1, 0.15) is 0 Å². The van der Waals surface area contributed by atoms with E-state index in [0.717, 1.165) is 19.4 Å². The van der Waals surface area contributed by atoms with Crippen molar-refractivity contribution in [3.63, 3.8) is 0 Å². The Morgan fingerprint density at radius 2 is 2.15 bits per heavy atom. The third-order valence-corrected chi connectivity index (χ3v) is 5.14. The predicted octanol–water partition coefficient (Wildman–Crippen LogP) is 1.98. The van der Waals surface area contributed by atoms with Crippen molar-refractivity contribution in [3.05, 3.63) is 18.0 Å². The molecule has 3 unspecified atom stereocenters. The summed E-state index contributed by atoms with van der Waals surface area (Å²) >= 11 is 0. The molecule has 0 bridgehead atoms. The van der Waals surface area contributed by atoms with E-state index in [0.29, 0.717) is 12.0 Å². The molecule has 0 spiro atoms. The van der Waals surface area contributed by atoms with Gasteiger partial charge in [0.15, 0.2) is 0 Å². The Bertz CT molecular complexity index is 431. The van der Waals surface area contributed by atoms with Gasteiger partial charge in [0.05, 0.1) is 12.3 Å². The van der Waals surface area contributed by atoms with E-state index in [9.17, 15) is 5.11 Å². The van der Waals surface area contributed by atoms with Crippen LogP contribution in [0.2, 0.25) is 0 Å². The molecule has 2 fully saturated rings. The van der Waals surface area contributed by atoms with E-state index in [4.69, 9.17) is 0 Å². The Morgan fingerprint density at radius 3 is 2.85 bits per heavy atom. The first-order chi connectivity index (χ1) is 9.74. The molecule has 3 atom stereocenters. The topological polar surface area (TPSA) is 41.3 Å². The summed E-state index contributed by atoms with van der Waals surface area (Å²) in [5.74, 6) is 0.518. The number of rotatable bonds is 4.